The van der Waals surface area contributed by atoms with E-state index in [0.29, 0.717) is 32.5 Å². The zero-order chi connectivity index (χ0) is 25.8. The van der Waals surface area contributed by atoms with Gasteiger partial charge in [-0.2, -0.15) is 0 Å². The summed E-state index contributed by atoms with van der Waals surface area (Å²) in [6.07, 6.45) is 3.29. The molecule has 4 N–H and O–H groups in total. The Labute approximate surface area is 213 Å². The number of hydrogen-bond acceptors (Lipinski definition) is 5. The Morgan fingerprint density at radius 1 is 0.861 bits per heavy atom. The lowest BCUT2D eigenvalue weighted by atomic mass is 10.0. The van der Waals surface area contributed by atoms with Crippen LogP contribution in [0.2, 0.25) is 0 Å². The van der Waals surface area contributed by atoms with Crippen molar-refractivity contribution in [2.45, 2.75) is 64.1 Å². The van der Waals surface area contributed by atoms with Crippen molar-refractivity contribution in [3.63, 3.8) is 0 Å². The molecule has 1 heterocycles. The number of aryl methyl sites for hydroxylation is 1. The van der Waals surface area contributed by atoms with Crippen molar-refractivity contribution >= 4 is 17.7 Å². The standard InChI is InChI=1S/C28H38N4O4/c1-3-10-23-28(35)31-20(2)26(33)32-24(19-21-11-5-4-6-12-21)27(34)30-16-9-14-22-13-7-8-15-25(22)36-18-17-29-23/h4-8,11-13,15,20,23-24,29H,3,9-10,14,16-19H2,1-2H3,(H,30,34)(H,31,35)(H,32,33)/t20-,23-,24+/m0/s1. The third-order valence-electron chi connectivity index (χ3n) is 6.21. The van der Waals surface area contributed by atoms with E-state index < -0.39 is 24.0 Å². The van der Waals surface area contributed by atoms with Crippen LogP contribution in [0.3, 0.4) is 0 Å². The molecular weight excluding hydrogens is 456 g/mol. The van der Waals surface area contributed by atoms with Crippen molar-refractivity contribution in [2.75, 3.05) is 19.7 Å². The fraction of sp³-hybridized carbons (Fsp3) is 0.464. The largest absolute Gasteiger partial charge is 0.492 e. The van der Waals surface area contributed by atoms with Gasteiger partial charge >= 0.3 is 0 Å². The molecule has 0 saturated carbocycles. The van der Waals surface area contributed by atoms with Gasteiger partial charge in [-0.15, -0.1) is 0 Å². The van der Waals surface area contributed by atoms with Gasteiger partial charge in [0.05, 0.1) is 6.04 Å². The van der Waals surface area contributed by atoms with Gasteiger partial charge in [-0.05, 0) is 43.4 Å². The van der Waals surface area contributed by atoms with Crippen LogP contribution in [0.1, 0.15) is 44.2 Å². The molecule has 3 amide bonds. The fourth-order valence-corrected chi connectivity index (χ4v) is 4.21. The number of carbonyl (C=O) groups excluding carboxylic acids is 3. The smallest absolute Gasteiger partial charge is 0.242 e. The first-order chi connectivity index (χ1) is 17.5. The molecule has 0 aliphatic carbocycles. The van der Waals surface area contributed by atoms with Crippen LogP contribution >= 0.6 is 0 Å². The number of nitrogens with one attached hydrogen (secondary N) is 4. The monoisotopic (exact) mass is 494 g/mol. The van der Waals surface area contributed by atoms with Gasteiger partial charge in [-0.25, -0.2) is 0 Å². The summed E-state index contributed by atoms with van der Waals surface area (Å²) in [5.41, 5.74) is 2.01. The van der Waals surface area contributed by atoms with E-state index in [1.165, 1.54) is 0 Å². The van der Waals surface area contributed by atoms with E-state index in [0.717, 1.165) is 36.1 Å². The average Bonchev–Trinajstić information content (AvgIpc) is 2.88. The SMILES string of the molecule is CCC[C@@H]1NCCOc2ccccc2CCCNC(=O)[C@@H](Cc2ccccc2)NC(=O)[C@H](C)NC1=O. The lowest BCUT2D eigenvalue weighted by molar-refractivity contribution is -0.132. The van der Waals surface area contributed by atoms with E-state index in [2.05, 4.69) is 21.3 Å². The molecule has 0 spiro atoms. The molecule has 36 heavy (non-hydrogen) atoms. The molecule has 8 heteroatoms. The van der Waals surface area contributed by atoms with Crippen molar-refractivity contribution < 1.29 is 19.1 Å². The van der Waals surface area contributed by atoms with Crippen molar-refractivity contribution in [3.05, 3.63) is 65.7 Å². The van der Waals surface area contributed by atoms with Crippen LogP contribution in [0.25, 0.3) is 0 Å². The van der Waals surface area contributed by atoms with Gasteiger partial charge in [-0.1, -0.05) is 61.9 Å². The molecule has 0 bridgehead atoms. The first kappa shape index (κ1) is 27.2. The van der Waals surface area contributed by atoms with Crippen LogP contribution in [0.5, 0.6) is 5.75 Å². The first-order valence-electron chi connectivity index (χ1n) is 12.8. The van der Waals surface area contributed by atoms with Crippen molar-refractivity contribution in [2.24, 2.45) is 0 Å². The van der Waals surface area contributed by atoms with E-state index in [9.17, 15) is 14.4 Å². The second kappa shape index (κ2) is 14.2. The van der Waals surface area contributed by atoms with Gasteiger partial charge in [0.2, 0.25) is 17.7 Å². The van der Waals surface area contributed by atoms with Crippen molar-refractivity contribution in [1.29, 1.82) is 0 Å². The Morgan fingerprint density at radius 2 is 1.61 bits per heavy atom. The Hall–Kier alpha value is -3.39. The second-order valence-electron chi connectivity index (χ2n) is 9.13. The van der Waals surface area contributed by atoms with Crippen LogP contribution in [0, 0.1) is 0 Å². The first-order valence-corrected chi connectivity index (χ1v) is 12.8. The third-order valence-corrected chi connectivity index (χ3v) is 6.21. The molecule has 0 fully saturated rings. The summed E-state index contributed by atoms with van der Waals surface area (Å²) in [6, 6.07) is 15.5. The minimum Gasteiger partial charge on any atom is -0.492 e. The number of rotatable bonds is 4. The van der Waals surface area contributed by atoms with Crippen LogP contribution in [0.15, 0.2) is 54.6 Å². The van der Waals surface area contributed by atoms with E-state index >= 15 is 0 Å². The van der Waals surface area contributed by atoms with E-state index in [1.54, 1.807) is 6.92 Å². The minimum atomic E-state index is -0.785. The Kier molecular flexibility index (Phi) is 10.8. The summed E-state index contributed by atoms with van der Waals surface area (Å²) < 4.78 is 5.99. The predicted octanol–water partition coefficient (Wildman–Crippen LogP) is 2.12. The summed E-state index contributed by atoms with van der Waals surface area (Å²) in [7, 11) is 0. The normalized spacial score (nSPS) is 22.6. The van der Waals surface area contributed by atoms with Crippen LogP contribution in [-0.2, 0) is 27.2 Å². The molecule has 0 aromatic heterocycles. The van der Waals surface area contributed by atoms with Gasteiger partial charge in [0.25, 0.3) is 0 Å². The number of ether oxygens (including phenoxy) is 1. The summed E-state index contributed by atoms with van der Waals surface area (Å²) in [6.45, 7) is 5.03. The van der Waals surface area contributed by atoms with Crippen LogP contribution in [-0.4, -0.2) is 55.5 Å². The molecule has 0 unspecified atom stereocenters. The number of amides is 3. The highest BCUT2D eigenvalue weighted by atomic mass is 16.5. The molecule has 194 valence electrons. The minimum absolute atomic E-state index is 0.245. The molecule has 2 aromatic carbocycles. The zero-order valence-corrected chi connectivity index (χ0v) is 21.2. The lowest BCUT2D eigenvalue weighted by Gasteiger charge is -2.24. The van der Waals surface area contributed by atoms with E-state index in [-0.39, 0.29) is 11.8 Å². The molecule has 0 radical (unpaired) electrons. The maximum atomic E-state index is 13.1. The van der Waals surface area contributed by atoms with Crippen LogP contribution < -0.4 is 26.0 Å². The second-order valence-corrected chi connectivity index (χ2v) is 9.13. The van der Waals surface area contributed by atoms with E-state index in [1.807, 2.05) is 61.5 Å². The number of fused-ring (bicyclic) bond motifs is 1. The molecule has 0 saturated heterocycles. The highest BCUT2D eigenvalue weighted by Crippen LogP contribution is 2.19. The Balaban J connectivity index is 1.78. The predicted molar refractivity (Wildman–Crippen MR) is 140 cm³/mol. The highest BCUT2D eigenvalue weighted by Gasteiger charge is 2.26. The molecule has 1 aliphatic rings. The van der Waals surface area contributed by atoms with Crippen molar-refractivity contribution in [1.82, 2.24) is 21.3 Å². The maximum Gasteiger partial charge on any atom is 0.242 e. The molecule has 1 aliphatic heterocycles. The number of benzene rings is 2. The van der Waals surface area contributed by atoms with Gasteiger partial charge in [-0.3, -0.25) is 14.4 Å². The maximum absolute atomic E-state index is 13.1. The average molecular weight is 495 g/mol. The highest BCUT2D eigenvalue weighted by molar-refractivity contribution is 5.93. The lowest BCUT2D eigenvalue weighted by Crippen LogP contribution is -2.56. The summed E-state index contributed by atoms with van der Waals surface area (Å²) >= 11 is 0. The molecular formula is C28H38N4O4. The molecule has 2 aromatic rings. The number of hydrogen-bond donors (Lipinski definition) is 4. The van der Waals surface area contributed by atoms with Gasteiger partial charge < -0.3 is 26.0 Å². The van der Waals surface area contributed by atoms with Gasteiger partial charge in [0.15, 0.2) is 0 Å². The van der Waals surface area contributed by atoms with E-state index in [4.69, 9.17) is 4.74 Å². The zero-order valence-electron chi connectivity index (χ0n) is 21.2. The van der Waals surface area contributed by atoms with Crippen LogP contribution in [0.4, 0.5) is 0 Å². The third kappa shape index (κ3) is 8.37. The summed E-state index contributed by atoms with van der Waals surface area (Å²) in [4.78, 5) is 38.9. The topological polar surface area (TPSA) is 109 Å². The Morgan fingerprint density at radius 3 is 2.39 bits per heavy atom. The molecule has 3 rings (SSSR count). The Bertz CT molecular complexity index is 998. The molecule has 8 nitrogen and oxygen atoms in total. The number of para-hydroxylation sites is 1. The fourth-order valence-electron chi connectivity index (χ4n) is 4.21. The van der Waals surface area contributed by atoms with Gasteiger partial charge in [0.1, 0.15) is 24.4 Å². The molecule has 3 atom stereocenters. The van der Waals surface area contributed by atoms with Gasteiger partial charge in [0, 0.05) is 19.5 Å². The summed E-state index contributed by atoms with van der Waals surface area (Å²) in [5, 5.41) is 11.9. The number of carbonyl (C=O) groups is 3. The quantitative estimate of drug-likeness (QED) is 0.521. The van der Waals surface area contributed by atoms with Crippen molar-refractivity contribution in [3.8, 4) is 5.75 Å². The summed E-state index contributed by atoms with van der Waals surface area (Å²) in [5.74, 6) is -0.0777.